The molecule has 0 spiro atoms. The average molecular weight is 343 g/mol. The Balaban J connectivity index is 2.14. The normalized spacial score (nSPS) is 10.8. The molecular weight excluding hydrogens is 330 g/mol. The van der Waals surface area contributed by atoms with Crippen LogP contribution in [-0.4, -0.2) is 32.1 Å². The summed E-state index contributed by atoms with van der Waals surface area (Å²) >= 11 is 1.09. The smallest absolute Gasteiger partial charge is 0.346 e. The number of nitrogens with one attached hydrogen (secondary N) is 1. The fourth-order valence-corrected chi connectivity index (χ4v) is 3.47. The van der Waals surface area contributed by atoms with E-state index in [-0.39, 0.29) is 10.4 Å². The Bertz CT molecular complexity index is 981. The number of rotatable bonds is 4. The quantitative estimate of drug-likeness (QED) is 0.665. The van der Waals surface area contributed by atoms with Crippen LogP contribution in [-0.2, 0) is 0 Å². The monoisotopic (exact) mass is 343 g/mol. The number of anilines is 2. The number of aryl methyl sites for hydroxylation is 2. The van der Waals surface area contributed by atoms with Crippen LogP contribution in [0.25, 0.3) is 10.2 Å². The highest BCUT2D eigenvalue weighted by Crippen LogP contribution is 2.35. The summed E-state index contributed by atoms with van der Waals surface area (Å²) in [5.74, 6) is -1.08. The van der Waals surface area contributed by atoms with Crippen molar-refractivity contribution < 1.29 is 19.8 Å². The van der Waals surface area contributed by atoms with Crippen molar-refractivity contribution in [3.63, 3.8) is 0 Å². The molecule has 24 heavy (non-hydrogen) atoms. The van der Waals surface area contributed by atoms with E-state index in [2.05, 4.69) is 15.3 Å². The van der Waals surface area contributed by atoms with E-state index in [1.54, 1.807) is 26.0 Å². The molecule has 2 heterocycles. The molecular formula is C16H13N3O4S. The van der Waals surface area contributed by atoms with Crippen molar-refractivity contribution in [2.24, 2.45) is 0 Å². The minimum atomic E-state index is -1.03. The van der Waals surface area contributed by atoms with E-state index in [1.807, 2.05) is 0 Å². The number of hydrogen-bond donors (Lipinski definition) is 3. The van der Waals surface area contributed by atoms with Crippen molar-refractivity contribution in [1.29, 1.82) is 0 Å². The van der Waals surface area contributed by atoms with E-state index in [0.717, 1.165) is 11.3 Å². The topological polar surface area (TPSA) is 112 Å². The minimum Gasteiger partial charge on any atom is -0.478 e. The zero-order valence-electron chi connectivity index (χ0n) is 12.8. The number of hydrogen-bond acceptors (Lipinski definition) is 6. The zero-order valence-corrected chi connectivity index (χ0v) is 13.6. The number of nitrogens with zero attached hydrogens (tertiary/aromatic N) is 2. The Morgan fingerprint density at radius 3 is 2.54 bits per heavy atom. The average Bonchev–Trinajstić information content (AvgIpc) is 2.84. The van der Waals surface area contributed by atoms with Crippen molar-refractivity contribution in [3.05, 3.63) is 46.1 Å². The highest BCUT2D eigenvalue weighted by molar-refractivity contribution is 7.20. The Hall–Kier alpha value is -3.00. The molecule has 0 radical (unpaired) electrons. The third-order valence-corrected chi connectivity index (χ3v) is 4.64. The molecule has 8 heteroatoms. The molecule has 0 saturated carbocycles. The SMILES string of the molecule is Cc1nc(Nc2cccc(C(=O)O)c2)c2c(C)c(C(=O)O)sc2n1. The van der Waals surface area contributed by atoms with E-state index in [0.29, 0.717) is 33.1 Å². The molecule has 0 aliphatic carbocycles. The van der Waals surface area contributed by atoms with Crippen LogP contribution in [0.2, 0.25) is 0 Å². The first-order valence-corrected chi connectivity index (χ1v) is 7.80. The lowest BCUT2D eigenvalue weighted by Gasteiger charge is -2.09. The maximum Gasteiger partial charge on any atom is 0.346 e. The van der Waals surface area contributed by atoms with Gasteiger partial charge in [-0.2, -0.15) is 0 Å². The molecule has 0 aliphatic rings. The summed E-state index contributed by atoms with van der Waals surface area (Å²) in [6.45, 7) is 3.42. The van der Waals surface area contributed by atoms with Gasteiger partial charge < -0.3 is 15.5 Å². The van der Waals surface area contributed by atoms with Crippen molar-refractivity contribution >= 4 is 45.0 Å². The summed E-state index contributed by atoms with van der Waals surface area (Å²) in [4.78, 5) is 31.9. The third-order valence-electron chi connectivity index (χ3n) is 3.47. The van der Waals surface area contributed by atoms with Crippen LogP contribution >= 0.6 is 11.3 Å². The highest BCUT2D eigenvalue weighted by Gasteiger charge is 2.19. The number of carboxylic acid groups (broad SMARTS) is 2. The molecule has 1 aromatic carbocycles. The third kappa shape index (κ3) is 2.79. The molecule has 0 saturated heterocycles. The number of thiophene rings is 1. The van der Waals surface area contributed by atoms with Gasteiger partial charge in [0, 0.05) is 5.69 Å². The zero-order chi connectivity index (χ0) is 17.4. The van der Waals surface area contributed by atoms with Crippen molar-refractivity contribution in [1.82, 2.24) is 9.97 Å². The van der Waals surface area contributed by atoms with Crippen LogP contribution in [0.15, 0.2) is 24.3 Å². The summed E-state index contributed by atoms with van der Waals surface area (Å²) in [5, 5.41) is 22.1. The van der Waals surface area contributed by atoms with E-state index in [4.69, 9.17) is 5.11 Å². The van der Waals surface area contributed by atoms with Crippen molar-refractivity contribution in [2.45, 2.75) is 13.8 Å². The van der Waals surface area contributed by atoms with Gasteiger partial charge in [-0.1, -0.05) is 6.07 Å². The van der Waals surface area contributed by atoms with Crippen LogP contribution in [0.1, 0.15) is 31.4 Å². The fourth-order valence-electron chi connectivity index (χ4n) is 2.41. The Kier molecular flexibility index (Phi) is 3.90. The van der Waals surface area contributed by atoms with Crippen LogP contribution in [0.5, 0.6) is 0 Å². The van der Waals surface area contributed by atoms with Crippen LogP contribution < -0.4 is 5.32 Å². The van der Waals surface area contributed by atoms with Gasteiger partial charge >= 0.3 is 11.9 Å². The van der Waals surface area contributed by atoms with Crippen LogP contribution in [0.3, 0.4) is 0 Å². The van der Waals surface area contributed by atoms with Gasteiger partial charge in [0.2, 0.25) is 0 Å². The molecule has 7 nitrogen and oxygen atoms in total. The maximum absolute atomic E-state index is 11.3. The second-order valence-electron chi connectivity index (χ2n) is 5.17. The van der Waals surface area contributed by atoms with E-state index in [1.165, 1.54) is 12.1 Å². The van der Waals surface area contributed by atoms with Gasteiger partial charge in [-0.3, -0.25) is 0 Å². The first-order valence-electron chi connectivity index (χ1n) is 6.98. The summed E-state index contributed by atoms with van der Waals surface area (Å²) < 4.78 is 0. The van der Waals surface area contributed by atoms with Gasteiger partial charge in [0.1, 0.15) is 21.3 Å². The number of fused-ring (bicyclic) bond motifs is 1. The lowest BCUT2D eigenvalue weighted by atomic mass is 10.1. The van der Waals surface area contributed by atoms with Gasteiger partial charge in [0.05, 0.1) is 10.9 Å². The van der Waals surface area contributed by atoms with E-state index < -0.39 is 11.9 Å². The first kappa shape index (κ1) is 15.9. The second kappa shape index (κ2) is 5.89. The van der Waals surface area contributed by atoms with Gasteiger partial charge in [-0.15, -0.1) is 11.3 Å². The molecule has 0 unspecified atom stereocenters. The lowest BCUT2D eigenvalue weighted by molar-refractivity contribution is 0.0688. The highest BCUT2D eigenvalue weighted by atomic mass is 32.1. The van der Waals surface area contributed by atoms with E-state index in [9.17, 15) is 14.7 Å². The van der Waals surface area contributed by atoms with Crippen molar-refractivity contribution in [3.8, 4) is 0 Å². The fraction of sp³-hybridized carbons (Fsp3) is 0.125. The molecule has 0 fully saturated rings. The molecule has 3 rings (SSSR count). The Labute approximate surface area is 140 Å². The molecule has 0 atom stereocenters. The number of carbonyl (C=O) groups is 2. The number of benzene rings is 1. The molecule has 0 bridgehead atoms. The molecule has 3 aromatic rings. The summed E-state index contributed by atoms with van der Waals surface area (Å²) in [6.07, 6.45) is 0. The second-order valence-corrected chi connectivity index (χ2v) is 6.17. The number of aromatic nitrogens is 2. The van der Waals surface area contributed by atoms with Crippen LogP contribution in [0.4, 0.5) is 11.5 Å². The summed E-state index contributed by atoms with van der Waals surface area (Å²) in [5.41, 5.74) is 1.28. The Morgan fingerprint density at radius 1 is 1.12 bits per heavy atom. The van der Waals surface area contributed by atoms with Gasteiger partial charge in [-0.25, -0.2) is 19.6 Å². The van der Waals surface area contributed by atoms with Crippen molar-refractivity contribution in [2.75, 3.05) is 5.32 Å². The molecule has 0 amide bonds. The Morgan fingerprint density at radius 2 is 1.88 bits per heavy atom. The molecule has 0 aliphatic heterocycles. The molecule has 3 N–H and O–H groups in total. The van der Waals surface area contributed by atoms with E-state index >= 15 is 0 Å². The number of aromatic carboxylic acids is 2. The summed E-state index contributed by atoms with van der Waals surface area (Å²) in [6, 6.07) is 6.33. The van der Waals surface area contributed by atoms with Gasteiger partial charge in [0.15, 0.2) is 0 Å². The van der Waals surface area contributed by atoms with Crippen LogP contribution in [0, 0.1) is 13.8 Å². The lowest BCUT2D eigenvalue weighted by Crippen LogP contribution is -2.01. The first-order chi connectivity index (χ1) is 11.4. The predicted octanol–water partition coefficient (Wildman–Crippen LogP) is 3.45. The molecule has 122 valence electrons. The van der Waals surface area contributed by atoms with Gasteiger partial charge in [-0.05, 0) is 37.6 Å². The maximum atomic E-state index is 11.3. The summed E-state index contributed by atoms with van der Waals surface area (Å²) in [7, 11) is 0. The van der Waals surface area contributed by atoms with Gasteiger partial charge in [0.25, 0.3) is 0 Å². The largest absolute Gasteiger partial charge is 0.478 e. The number of carboxylic acids is 2. The molecule has 2 aromatic heterocycles. The standard InChI is InChI=1S/C16H13N3O4S/c1-7-11-13(19-10-5-3-4-9(6-10)15(20)21)17-8(2)18-14(11)24-12(7)16(22)23/h3-6H,1-2H3,(H,20,21)(H,22,23)(H,17,18,19). The minimum absolute atomic E-state index is 0.148. The predicted molar refractivity (Wildman–Crippen MR) is 90.5 cm³/mol.